The van der Waals surface area contributed by atoms with Gasteiger partial charge in [-0.25, -0.2) is 9.18 Å². The van der Waals surface area contributed by atoms with Crippen molar-refractivity contribution in [2.24, 2.45) is 0 Å². The van der Waals surface area contributed by atoms with E-state index in [2.05, 4.69) is 10.2 Å². The standard InChI is InChI=1S/C15H19FN4O2/c16-12-1-3-13(4-2-12)19-9-7-18(8-10-19)11-14(21)20-6-5-17-15(20)22/h1-4H,5-11H2,(H,17,22). The second-order valence-electron chi connectivity index (χ2n) is 5.52. The second kappa shape index (κ2) is 6.31. The summed E-state index contributed by atoms with van der Waals surface area (Å²) in [4.78, 5) is 29.0. The van der Waals surface area contributed by atoms with E-state index in [-0.39, 0.29) is 24.3 Å². The number of urea groups is 1. The SMILES string of the molecule is O=C(CN1CCN(c2ccc(F)cc2)CC1)N1CCNC1=O. The summed E-state index contributed by atoms with van der Waals surface area (Å²) in [6.45, 7) is 4.31. The van der Waals surface area contributed by atoms with E-state index in [9.17, 15) is 14.0 Å². The van der Waals surface area contributed by atoms with Crippen molar-refractivity contribution in [2.45, 2.75) is 0 Å². The largest absolute Gasteiger partial charge is 0.369 e. The maximum atomic E-state index is 12.9. The number of carbonyl (C=O) groups is 2. The van der Waals surface area contributed by atoms with Crippen LogP contribution in [0.2, 0.25) is 0 Å². The van der Waals surface area contributed by atoms with Crippen molar-refractivity contribution in [2.75, 3.05) is 50.7 Å². The minimum Gasteiger partial charge on any atom is -0.369 e. The zero-order valence-corrected chi connectivity index (χ0v) is 12.3. The Morgan fingerprint density at radius 3 is 2.36 bits per heavy atom. The normalized spacial score (nSPS) is 19.4. The van der Waals surface area contributed by atoms with E-state index in [0.717, 1.165) is 31.9 Å². The average molecular weight is 306 g/mol. The summed E-state index contributed by atoms with van der Waals surface area (Å²) in [6.07, 6.45) is 0. The Kier molecular flexibility index (Phi) is 4.24. The van der Waals surface area contributed by atoms with Gasteiger partial charge in [-0.3, -0.25) is 14.6 Å². The Labute approximate surface area is 128 Å². The highest BCUT2D eigenvalue weighted by Crippen LogP contribution is 2.17. The van der Waals surface area contributed by atoms with Crippen molar-refractivity contribution in [3.05, 3.63) is 30.1 Å². The van der Waals surface area contributed by atoms with Gasteiger partial charge >= 0.3 is 6.03 Å². The molecule has 2 heterocycles. The molecular weight excluding hydrogens is 287 g/mol. The number of nitrogens with one attached hydrogen (secondary N) is 1. The summed E-state index contributed by atoms with van der Waals surface area (Å²) in [5.74, 6) is -0.387. The Morgan fingerprint density at radius 2 is 1.77 bits per heavy atom. The average Bonchev–Trinajstić information content (AvgIpc) is 2.95. The van der Waals surface area contributed by atoms with Crippen LogP contribution in [-0.4, -0.2) is 67.6 Å². The summed E-state index contributed by atoms with van der Waals surface area (Å²) < 4.78 is 12.9. The van der Waals surface area contributed by atoms with Crippen LogP contribution in [0.4, 0.5) is 14.9 Å². The number of hydrogen-bond acceptors (Lipinski definition) is 4. The fourth-order valence-corrected chi connectivity index (χ4v) is 2.80. The van der Waals surface area contributed by atoms with Crippen molar-refractivity contribution in [3.63, 3.8) is 0 Å². The summed E-state index contributed by atoms with van der Waals surface area (Å²) in [7, 11) is 0. The van der Waals surface area contributed by atoms with Gasteiger partial charge in [0.2, 0.25) is 5.91 Å². The predicted octanol–water partition coefficient (Wildman–Crippen LogP) is 0.500. The molecule has 2 aliphatic heterocycles. The molecular formula is C15H19FN4O2. The molecule has 3 rings (SSSR count). The van der Waals surface area contributed by atoms with Gasteiger partial charge < -0.3 is 10.2 Å². The third-order valence-electron chi connectivity index (χ3n) is 4.08. The third-order valence-corrected chi connectivity index (χ3v) is 4.08. The van der Waals surface area contributed by atoms with Gasteiger partial charge in [-0.15, -0.1) is 0 Å². The van der Waals surface area contributed by atoms with Crippen LogP contribution >= 0.6 is 0 Å². The van der Waals surface area contributed by atoms with Gasteiger partial charge in [-0.05, 0) is 24.3 Å². The molecule has 2 aliphatic rings. The monoisotopic (exact) mass is 306 g/mol. The highest BCUT2D eigenvalue weighted by molar-refractivity contribution is 5.96. The minimum atomic E-state index is -0.296. The Hall–Kier alpha value is -2.15. The molecule has 0 atom stereocenters. The maximum absolute atomic E-state index is 12.9. The Morgan fingerprint density at radius 1 is 1.09 bits per heavy atom. The summed E-state index contributed by atoms with van der Waals surface area (Å²) in [6, 6.07) is 6.15. The number of nitrogens with zero attached hydrogens (tertiary/aromatic N) is 3. The lowest BCUT2D eigenvalue weighted by atomic mass is 10.2. The van der Waals surface area contributed by atoms with E-state index in [4.69, 9.17) is 0 Å². The first-order valence-corrected chi connectivity index (χ1v) is 7.44. The van der Waals surface area contributed by atoms with E-state index in [1.54, 1.807) is 12.1 Å². The molecule has 2 saturated heterocycles. The van der Waals surface area contributed by atoms with Crippen molar-refractivity contribution in [1.82, 2.24) is 15.1 Å². The number of imide groups is 1. The fourth-order valence-electron chi connectivity index (χ4n) is 2.80. The third kappa shape index (κ3) is 3.19. The van der Waals surface area contributed by atoms with Gasteiger partial charge in [0, 0.05) is 45.0 Å². The maximum Gasteiger partial charge on any atom is 0.324 e. The zero-order valence-electron chi connectivity index (χ0n) is 12.3. The van der Waals surface area contributed by atoms with Crippen LogP contribution in [0.15, 0.2) is 24.3 Å². The van der Waals surface area contributed by atoms with Gasteiger partial charge in [-0.2, -0.15) is 0 Å². The zero-order chi connectivity index (χ0) is 15.5. The van der Waals surface area contributed by atoms with E-state index in [1.807, 2.05) is 4.90 Å². The van der Waals surface area contributed by atoms with Crippen molar-refractivity contribution in [3.8, 4) is 0 Å². The van der Waals surface area contributed by atoms with Gasteiger partial charge in [0.1, 0.15) is 5.82 Å². The molecule has 1 N–H and O–H groups in total. The van der Waals surface area contributed by atoms with Crippen molar-refractivity contribution >= 4 is 17.6 Å². The van der Waals surface area contributed by atoms with E-state index < -0.39 is 0 Å². The molecule has 1 aromatic carbocycles. The quantitative estimate of drug-likeness (QED) is 0.883. The van der Waals surface area contributed by atoms with Gasteiger partial charge in [0.15, 0.2) is 0 Å². The molecule has 6 nitrogen and oxygen atoms in total. The van der Waals surface area contributed by atoms with E-state index in [0.29, 0.717) is 13.1 Å². The molecule has 7 heteroatoms. The number of amides is 3. The molecule has 0 saturated carbocycles. The van der Waals surface area contributed by atoms with Crippen LogP contribution in [0, 0.1) is 5.82 Å². The summed E-state index contributed by atoms with van der Waals surface area (Å²) in [5.41, 5.74) is 0.992. The topological polar surface area (TPSA) is 55.9 Å². The molecule has 0 aliphatic carbocycles. The molecule has 3 amide bonds. The van der Waals surface area contributed by atoms with Crippen LogP contribution in [0.1, 0.15) is 0 Å². The molecule has 0 bridgehead atoms. The number of benzene rings is 1. The van der Waals surface area contributed by atoms with Crippen molar-refractivity contribution < 1.29 is 14.0 Å². The number of halogens is 1. The molecule has 0 radical (unpaired) electrons. The van der Waals surface area contributed by atoms with Crippen LogP contribution in [-0.2, 0) is 4.79 Å². The number of rotatable bonds is 3. The van der Waals surface area contributed by atoms with Crippen molar-refractivity contribution in [1.29, 1.82) is 0 Å². The first-order valence-electron chi connectivity index (χ1n) is 7.44. The van der Waals surface area contributed by atoms with Crippen LogP contribution in [0.25, 0.3) is 0 Å². The van der Waals surface area contributed by atoms with E-state index in [1.165, 1.54) is 17.0 Å². The highest BCUT2D eigenvalue weighted by atomic mass is 19.1. The van der Waals surface area contributed by atoms with Crippen LogP contribution < -0.4 is 10.2 Å². The molecule has 0 spiro atoms. The van der Waals surface area contributed by atoms with Gasteiger partial charge in [0.25, 0.3) is 0 Å². The minimum absolute atomic E-state index is 0.148. The van der Waals surface area contributed by atoms with Gasteiger partial charge in [0.05, 0.1) is 6.54 Å². The fraction of sp³-hybridized carbons (Fsp3) is 0.467. The number of piperazine rings is 1. The van der Waals surface area contributed by atoms with Crippen LogP contribution in [0.5, 0.6) is 0 Å². The Bertz CT molecular complexity index is 555. The second-order valence-corrected chi connectivity index (χ2v) is 5.52. The first-order chi connectivity index (χ1) is 10.6. The number of carbonyl (C=O) groups excluding carboxylic acids is 2. The van der Waals surface area contributed by atoms with Gasteiger partial charge in [-0.1, -0.05) is 0 Å². The lowest BCUT2D eigenvalue weighted by molar-refractivity contribution is -0.128. The van der Waals surface area contributed by atoms with E-state index >= 15 is 0 Å². The smallest absolute Gasteiger partial charge is 0.324 e. The number of hydrogen-bond donors (Lipinski definition) is 1. The Balaban J connectivity index is 1.50. The lowest BCUT2D eigenvalue weighted by Gasteiger charge is -2.36. The lowest BCUT2D eigenvalue weighted by Crippen LogP contribution is -2.50. The molecule has 0 unspecified atom stereocenters. The predicted molar refractivity (Wildman–Crippen MR) is 80.2 cm³/mol. The number of anilines is 1. The molecule has 118 valence electrons. The first kappa shape index (κ1) is 14.8. The molecule has 1 aromatic rings. The summed E-state index contributed by atoms with van der Waals surface area (Å²) in [5, 5.41) is 2.63. The molecule has 2 fully saturated rings. The highest BCUT2D eigenvalue weighted by Gasteiger charge is 2.28. The van der Waals surface area contributed by atoms with Crippen LogP contribution in [0.3, 0.4) is 0 Å². The molecule has 0 aromatic heterocycles. The summed E-state index contributed by atoms with van der Waals surface area (Å²) >= 11 is 0. The molecule has 22 heavy (non-hydrogen) atoms.